The minimum atomic E-state index is -1.25. The minimum Gasteiger partial charge on any atom is -0.454 e. The summed E-state index contributed by atoms with van der Waals surface area (Å²) in [6.45, 7) is 5.70. The molecule has 0 aliphatic carbocycles. The van der Waals surface area contributed by atoms with Crippen molar-refractivity contribution in [2.75, 3.05) is 31.3 Å². The van der Waals surface area contributed by atoms with Gasteiger partial charge in [-0.05, 0) is 62.8 Å². The maximum absolute atomic E-state index is 14.9. The number of anilines is 2. The van der Waals surface area contributed by atoms with Crippen LogP contribution in [0.4, 0.5) is 25.0 Å². The Morgan fingerprint density at radius 1 is 1.08 bits per heavy atom. The first kappa shape index (κ1) is 27.6. The molecule has 0 aliphatic rings. The van der Waals surface area contributed by atoms with Gasteiger partial charge >= 0.3 is 6.03 Å². The van der Waals surface area contributed by atoms with Gasteiger partial charge in [0.2, 0.25) is 5.82 Å². The highest BCUT2D eigenvalue weighted by molar-refractivity contribution is 5.99. The molecule has 4 aromatic rings. The maximum atomic E-state index is 14.9. The van der Waals surface area contributed by atoms with Crippen LogP contribution in [0.1, 0.15) is 31.7 Å². The highest BCUT2D eigenvalue weighted by Crippen LogP contribution is 2.31. The second kappa shape index (κ2) is 12.4. The summed E-state index contributed by atoms with van der Waals surface area (Å²) in [7, 11) is 4.04. The van der Waals surface area contributed by atoms with E-state index in [1.165, 1.54) is 24.5 Å². The van der Waals surface area contributed by atoms with Crippen molar-refractivity contribution in [3.05, 3.63) is 78.5 Å². The van der Waals surface area contributed by atoms with E-state index >= 15 is 0 Å². The van der Waals surface area contributed by atoms with E-state index in [0.717, 1.165) is 30.6 Å². The van der Waals surface area contributed by atoms with E-state index < -0.39 is 17.7 Å². The predicted molar refractivity (Wildman–Crippen MR) is 146 cm³/mol. The molecule has 1 aromatic carbocycles. The number of aryl methyl sites for hydroxylation is 1. The predicted octanol–water partition coefficient (Wildman–Crippen LogP) is 6.13. The highest BCUT2D eigenvalue weighted by Gasteiger charge is 2.18. The van der Waals surface area contributed by atoms with Crippen LogP contribution in [0.5, 0.6) is 11.5 Å². The van der Waals surface area contributed by atoms with Gasteiger partial charge < -0.3 is 20.3 Å². The quantitative estimate of drug-likeness (QED) is 0.254. The molecule has 0 spiro atoms. The van der Waals surface area contributed by atoms with Crippen molar-refractivity contribution < 1.29 is 18.3 Å². The second-order valence-electron chi connectivity index (χ2n) is 9.61. The van der Waals surface area contributed by atoms with Gasteiger partial charge in [-0.1, -0.05) is 13.8 Å². The molecule has 0 saturated carbocycles. The number of nitrogens with zero attached hydrogens (tertiary/aromatic N) is 5. The van der Waals surface area contributed by atoms with Gasteiger partial charge in [-0.25, -0.2) is 9.18 Å². The fourth-order valence-electron chi connectivity index (χ4n) is 3.76. The number of rotatable bonds is 10. The Morgan fingerprint density at radius 3 is 2.67 bits per heavy atom. The van der Waals surface area contributed by atoms with E-state index in [0.29, 0.717) is 11.4 Å². The third-order valence-electron chi connectivity index (χ3n) is 5.86. The number of urea groups is 1. The van der Waals surface area contributed by atoms with Crippen LogP contribution in [-0.4, -0.2) is 51.3 Å². The zero-order valence-electron chi connectivity index (χ0n) is 22.3. The lowest BCUT2D eigenvalue weighted by Gasteiger charge is -2.12. The van der Waals surface area contributed by atoms with Crippen LogP contribution in [0.15, 0.2) is 61.3 Å². The van der Waals surface area contributed by atoms with Crippen molar-refractivity contribution in [3.63, 3.8) is 0 Å². The van der Waals surface area contributed by atoms with E-state index in [4.69, 9.17) is 4.74 Å². The zero-order chi connectivity index (χ0) is 27.9. The lowest BCUT2D eigenvalue weighted by molar-refractivity contribution is 0.262. The molecule has 4 rings (SSSR count). The van der Waals surface area contributed by atoms with E-state index in [1.54, 1.807) is 30.6 Å². The first-order valence-corrected chi connectivity index (χ1v) is 12.5. The molecule has 3 heterocycles. The number of nitrogens with one attached hydrogen (secondary N) is 2. The monoisotopic (exact) mass is 535 g/mol. The van der Waals surface area contributed by atoms with E-state index in [2.05, 4.69) is 30.6 Å². The molecule has 0 atom stereocenters. The summed E-state index contributed by atoms with van der Waals surface area (Å²) < 4.78 is 37.1. The number of carbonyl (C=O) groups is 1. The first-order valence-electron chi connectivity index (χ1n) is 12.5. The minimum absolute atomic E-state index is 0.216. The molecular formula is C28H31F2N7O2. The van der Waals surface area contributed by atoms with Crippen molar-refractivity contribution in [1.29, 1.82) is 0 Å². The van der Waals surface area contributed by atoms with Crippen LogP contribution in [0.3, 0.4) is 0 Å². The number of pyridine rings is 2. The van der Waals surface area contributed by atoms with E-state index in [1.807, 2.05) is 38.8 Å². The van der Waals surface area contributed by atoms with Gasteiger partial charge in [0, 0.05) is 36.8 Å². The molecule has 204 valence electrons. The van der Waals surface area contributed by atoms with Crippen LogP contribution in [-0.2, 0) is 6.54 Å². The number of aromatic nitrogens is 4. The Bertz CT molecular complexity index is 1440. The maximum Gasteiger partial charge on any atom is 0.323 e. The van der Waals surface area contributed by atoms with Crippen LogP contribution in [0, 0.1) is 11.6 Å². The average Bonchev–Trinajstić information content (AvgIpc) is 3.37. The van der Waals surface area contributed by atoms with Crippen molar-refractivity contribution in [2.24, 2.45) is 0 Å². The van der Waals surface area contributed by atoms with Crippen molar-refractivity contribution in [2.45, 2.75) is 32.7 Å². The van der Waals surface area contributed by atoms with Gasteiger partial charge in [-0.15, -0.1) is 0 Å². The van der Waals surface area contributed by atoms with Crippen molar-refractivity contribution >= 4 is 17.4 Å². The largest absolute Gasteiger partial charge is 0.454 e. The van der Waals surface area contributed by atoms with Crippen LogP contribution in [0.2, 0.25) is 0 Å². The van der Waals surface area contributed by atoms with Crippen molar-refractivity contribution in [1.82, 2.24) is 24.6 Å². The summed E-state index contributed by atoms with van der Waals surface area (Å²) in [5.74, 6) is -2.32. The Morgan fingerprint density at radius 2 is 1.90 bits per heavy atom. The van der Waals surface area contributed by atoms with Gasteiger partial charge in [-0.2, -0.15) is 9.49 Å². The molecule has 39 heavy (non-hydrogen) atoms. The molecule has 0 bridgehead atoms. The Labute approximate surface area is 225 Å². The van der Waals surface area contributed by atoms with Crippen LogP contribution in [0.25, 0.3) is 11.3 Å². The lowest BCUT2D eigenvalue weighted by atomic mass is 10.1. The summed E-state index contributed by atoms with van der Waals surface area (Å²) in [6, 6.07) is 6.68. The number of hydrogen-bond acceptors (Lipinski definition) is 6. The number of halogens is 2. The Balaban J connectivity index is 1.42. The van der Waals surface area contributed by atoms with Crippen LogP contribution >= 0.6 is 0 Å². The molecule has 0 fully saturated rings. The third-order valence-corrected chi connectivity index (χ3v) is 5.86. The summed E-state index contributed by atoms with van der Waals surface area (Å²) in [5.41, 5.74) is 2.39. The van der Waals surface area contributed by atoms with E-state index in [-0.39, 0.29) is 23.1 Å². The number of ether oxygens (including phenoxy) is 1. The molecular weight excluding hydrogens is 504 g/mol. The van der Waals surface area contributed by atoms with Gasteiger partial charge in [0.15, 0.2) is 11.6 Å². The number of amides is 2. The second-order valence-corrected chi connectivity index (χ2v) is 9.61. The third kappa shape index (κ3) is 7.35. The number of hydrogen-bond donors (Lipinski definition) is 2. The number of benzene rings is 1. The van der Waals surface area contributed by atoms with Gasteiger partial charge in [0.25, 0.3) is 0 Å². The fourth-order valence-corrected chi connectivity index (χ4v) is 3.76. The Hall–Kier alpha value is -4.38. The fraction of sp³-hybridized carbons (Fsp3) is 0.286. The smallest absolute Gasteiger partial charge is 0.323 e. The molecule has 0 aliphatic heterocycles. The molecule has 11 heteroatoms. The molecule has 0 radical (unpaired) electrons. The average molecular weight is 536 g/mol. The normalized spacial score (nSPS) is 11.2. The van der Waals surface area contributed by atoms with Crippen LogP contribution < -0.4 is 15.4 Å². The molecule has 0 saturated heterocycles. The van der Waals surface area contributed by atoms with Crippen molar-refractivity contribution in [3.8, 4) is 22.8 Å². The zero-order valence-corrected chi connectivity index (χ0v) is 22.3. The summed E-state index contributed by atoms with van der Waals surface area (Å²) in [5, 5.41) is 9.26. The molecule has 0 unspecified atom stereocenters. The lowest BCUT2D eigenvalue weighted by Crippen LogP contribution is -2.20. The summed E-state index contributed by atoms with van der Waals surface area (Å²) >= 11 is 0. The summed E-state index contributed by atoms with van der Waals surface area (Å²) in [4.78, 5) is 22.9. The van der Waals surface area contributed by atoms with Gasteiger partial charge in [0.05, 0.1) is 29.5 Å². The first-order chi connectivity index (χ1) is 18.7. The van der Waals surface area contributed by atoms with Gasteiger partial charge in [0.1, 0.15) is 5.75 Å². The topological polar surface area (TPSA) is 97.2 Å². The molecule has 3 aromatic heterocycles. The van der Waals surface area contributed by atoms with Gasteiger partial charge in [-0.3, -0.25) is 14.6 Å². The Kier molecular flexibility index (Phi) is 8.82. The summed E-state index contributed by atoms with van der Waals surface area (Å²) in [6.07, 6.45) is 9.22. The van der Waals surface area contributed by atoms with E-state index in [9.17, 15) is 13.6 Å². The standard InChI is InChI=1S/C28H31F2N7O2/c1-18(2)19-12-21(16-31-14-19)34-28(38)35-23-6-7-25(27(30)26(23)29)39-22-8-9-32-24(13-22)20-15-33-37(17-20)11-5-10-36(3)4/h6-9,12-18H,5,10-11H2,1-4H3,(H2,34,35,38). The number of carbonyl (C=O) groups excluding carboxylic acids is 1. The molecule has 2 N–H and O–H groups in total. The SMILES string of the molecule is CC(C)c1cncc(NC(=O)Nc2ccc(Oc3ccnc(-c4cnn(CCCN(C)C)c4)c3)c(F)c2F)c1. The molecule has 9 nitrogen and oxygen atoms in total. The molecule has 2 amide bonds. The highest BCUT2D eigenvalue weighted by atomic mass is 19.2.